The predicted molar refractivity (Wildman–Crippen MR) is 96.5 cm³/mol. The second-order valence-electron chi connectivity index (χ2n) is 5.30. The highest BCUT2D eigenvalue weighted by Gasteiger charge is 2.04. The number of nitrogens with one attached hydrogen (secondary N) is 2. The van der Waals surface area contributed by atoms with Gasteiger partial charge in [-0.25, -0.2) is 14.4 Å². The second-order valence-corrected chi connectivity index (χ2v) is 5.71. The molecule has 0 radical (unpaired) electrons. The van der Waals surface area contributed by atoms with Crippen molar-refractivity contribution in [3.63, 3.8) is 0 Å². The molecule has 2 N–H and O–H groups in total. The number of Topliss-reactive ketones (excluding diaryl/α,β-unsaturated/α-hetero) is 1. The highest BCUT2D eigenvalue weighted by atomic mass is 35.5. The van der Waals surface area contributed by atoms with Crippen LogP contribution in [-0.2, 0) is 0 Å². The molecule has 5 nitrogen and oxygen atoms in total. The molecular weight excluding hydrogens is 343 g/mol. The molecule has 0 saturated carbocycles. The van der Waals surface area contributed by atoms with Gasteiger partial charge in [0.25, 0.3) is 0 Å². The number of ketones is 1. The summed E-state index contributed by atoms with van der Waals surface area (Å²) in [5, 5.41) is 6.19. The maximum atomic E-state index is 13.2. The summed E-state index contributed by atoms with van der Waals surface area (Å²) in [6, 6.07) is 13.1. The molecule has 0 aliphatic heterocycles. The summed E-state index contributed by atoms with van der Waals surface area (Å²) in [5.74, 6) is 0.631. The number of aromatic nitrogens is 2. The minimum atomic E-state index is -0.480. The van der Waals surface area contributed by atoms with E-state index in [2.05, 4.69) is 20.6 Å². The third-order valence-electron chi connectivity index (χ3n) is 3.42. The first-order chi connectivity index (χ1) is 12.0. The van der Waals surface area contributed by atoms with E-state index >= 15 is 0 Å². The van der Waals surface area contributed by atoms with Gasteiger partial charge in [0.1, 0.15) is 23.8 Å². The summed E-state index contributed by atoms with van der Waals surface area (Å²) in [6.07, 6.45) is 1.40. The maximum Gasteiger partial charge on any atom is 0.159 e. The maximum absolute atomic E-state index is 13.2. The smallest absolute Gasteiger partial charge is 0.159 e. The molecule has 3 aromatic rings. The number of benzene rings is 2. The first kappa shape index (κ1) is 16.9. The van der Waals surface area contributed by atoms with Gasteiger partial charge in [0.2, 0.25) is 0 Å². The van der Waals surface area contributed by atoms with Gasteiger partial charge >= 0.3 is 0 Å². The van der Waals surface area contributed by atoms with Crippen molar-refractivity contribution in [3.8, 4) is 0 Å². The van der Waals surface area contributed by atoms with Crippen LogP contribution in [-0.4, -0.2) is 15.8 Å². The number of halogens is 2. The molecule has 1 aromatic heterocycles. The van der Waals surface area contributed by atoms with Crippen LogP contribution in [0.3, 0.4) is 0 Å². The lowest BCUT2D eigenvalue weighted by molar-refractivity contribution is 0.101. The van der Waals surface area contributed by atoms with Crippen molar-refractivity contribution in [1.29, 1.82) is 0 Å². The minimum Gasteiger partial charge on any atom is -0.340 e. The summed E-state index contributed by atoms with van der Waals surface area (Å²) >= 11 is 5.77. The van der Waals surface area contributed by atoms with Crippen molar-refractivity contribution in [3.05, 3.63) is 71.3 Å². The zero-order valence-electron chi connectivity index (χ0n) is 13.3. The van der Waals surface area contributed by atoms with Crippen molar-refractivity contribution in [2.45, 2.75) is 6.92 Å². The zero-order valence-corrected chi connectivity index (χ0v) is 14.0. The third-order valence-corrected chi connectivity index (χ3v) is 3.71. The van der Waals surface area contributed by atoms with Gasteiger partial charge in [0.05, 0.1) is 5.02 Å². The van der Waals surface area contributed by atoms with Crippen molar-refractivity contribution in [2.24, 2.45) is 0 Å². The monoisotopic (exact) mass is 356 g/mol. The predicted octanol–water partition coefficient (Wildman–Crippen LogP) is 4.96. The topological polar surface area (TPSA) is 66.9 Å². The molecule has 0 spiro atoms. The van der Waals surface area contributed by atoms with Gasteiger partial charge < -0.3 is 10.6 Å². The van der Waals surface area contributed by atoms with Crippen molar-refractivity contribution >= 4 is 40.4 Å². The van der Waals surface area contributed by atoms with E-state index in [1.165, 1.54) is 25.4 Å². The van der Waals surface area contributed by atoms with Crippen molar-refractivity contribution in [2.75, 3.05) is 10.6 Å². The number of hydrogen-bond donors (Lipinski definition) is 2. The fraction of sp³-hybridized carbons (Fsp3) is 0.0556. The highest BCUT2D eigenvalue weighted by molar-refractivity contribution is 6.31. The standard InChI is InChI=1S/C18H14ClFN4O/c1-11(25)12-2-4-13(5-3-12)23-17-9-18(22-10-21-17)24-14-6-7-16(20)15(19)8-14/h2-10H,1H3,(H2,21,22,23,24). The number of carbonyl (C=O) groups excluding carboxylic acids is 1. The minimum absolute atomic E-state index is 0.0121. The Morgan fingerprint density at radius 3 is 2.16 bits per heavy atom. The lowest BCUT2D eigenvalue weighted by Gasteiger charge is -2.09. The molecule has 2 aromatic carbocycles. The van der Waals surface area contributed by atoms with Crippen molar-refractivity contribution in [1.82, 2.24) is 9.97 Å². The van der Waals surface area contributed by atoms with E-state index in [4.69, 9.17) is 11.6 Å². The summed E-state index contributed by atoms with van der Waals surface area (Å²) in [7, 11) is 0. The average Bonchev–Trinajstić information content (AvgIpc) is 2.59. The Morgan fingerprint density at radius 1 is 0.960 bits per heavy atom. The van der Waals surface area contributed by atoms with E-state index in [-0.39, 0.29) is 10.8 Å². The van der Waals surface area contributed by atoms with Gasteiger partial charge in [-0.1, -0.05) is 11.6 Å². The Balaban J connectivity index is 1.74. The Bertz CT molecular complexity index is 915. The second kappa shape index (κ2) is 7.27. The molecule has 0 atom stereocenters. The Kier molecular flexibility index (Phi) is 4.90. The normalized spacial score (nSPS) is 10.4. The first-order valence-corrected chi connectivity index (χ1v) is 7.81. The summed E-state index contributed by atoms with van der Waals surface area (Å²) < 4.78 is 13.2. The lowest BCUT2D eigenvalue weighted by Crippen LogP contribution is -1.99. The molecular formula is C18H14ClFN4O. The number of hydrogen-bond acceptors (Lipinski definition) is 5. The lowest BCUT2D eigenvalue weighted by atomic mass is 10.1. The van der Waals surface area contributed by atoms with Gasteiger partial charge in [-0.05, 0) is 49.4 Å². The summed E-state index contributed by atoms with van der Waals surface area (Å²) in [5.41, 5.74) is 2.05. The Labute approximate surface area is 148 Å². The molecule has 1 heterocycles. The summed E-state index contributed by atoms with van der Waals surface area (Å²) in [6.45, 7) is 1.52. The molecule has 0 saturated heterocycles. The van der Waals surface area contributed by atoms with Crippen LogP contribution in [0.1, 0.15) is 17.3 Å². The van der Waals surface area contributed by atoms with Gasteiger partial charge in [0.15, 0.2) is 5.78 Å². The fourth-order valence-electron chi connectivity index (χ4n) is 2.15. The van der Waals surface area contributed by atoms with Crippen LogP contribution in [0.15, 0.2) is 54.9 Å². The van der Waals surface area contributed by atoms with E-state index < -0.39 is 5.82 Å². The Morgan fingerprint density at radius 2 is 1.56 bits per heavy atom. The molecule has 126 valence electrons. The van der Waals surface area contributed by atoms with Crippen LogP contribution < -0.4 is 10.6 Å². The SMILES string of the molecule is CC(=O)c1ccc(Nc2cc(Nc3ccc(F)c(Cl)c3)ncn2)cc1. The van der Waals surface area contributed by atoms with Crippen LogP contribution in [0.5, 0.6) is 0 Å². The molecule has 0 aliphatic rings. The molecule has 0 bridgehead atoms. The fourth-order valence-corrected chi connectivity index (χ4v) is 2.33. The number of carbonyl (C=O) groups is 1. The van der Waals surface area contributed by atoms with Crippen LogP contribution in [0.4, 0.5) is 27.4 Å². The van der Waals surface area contributed by atoms with Gasteiger partial charge in [-0.15, -0.1) is 0 Å². The van der Waals surface area contributed by atoms with E-state index in [9.17, 15) is 9.18 Å². The third kappa shape index (κ3) is 4.30. The van der Waals surface area contributed by atoms with Crippen LogP contribution >= 0.6 is 11.6 Å². The number of nitrogens with zero attached hydrogens (tertiary/aromatic N) is 2. The first-order valence-electron chi connectivity index (χ1n) is 7.43. The van der Waals surface area contributed by atoms with E-state index in [0.29, 0.717) is 22.9 Å². The average molecular weight is 357 g/mol. The molecule has 25 heavy (non-hydrogen) atoms. The van der Waals surface area contributed by atoms with Crippen molar-refractivity contribution < 1.29 is 9.18 Å². The molecule has 7 heteroatoms. The molecule has 0 unspecified atom stereocenters. The molecule has 0 aliphatic carbocycles. The molecule has 3 rings (SSSR count). The quantitative estimate of drug-likeness (QED) is 0.632. The number of rotatable bonds is 5. The Hall–Kier alpha value is -2.99. The summed E-state index contributed by atoms with van der Waals surface area (Å²) in [4.78, 5) is 19.6. The van der Waals surface area contributed by atoms with E-state index in [0.717, 1.165) is 5.69 Å². The molecule has 0 fully saturated rings. The van der Waals surface area contributed by atoms with Gasteiger partial charge in [0, 0.05) is 23.0 Å². The number of anilines is 4. The highest BCUT2D eigenvalue weighted by Crippen LogP contribution is 2.23. The van der Waals surface area contributed by atoms with Crippen LogP contribution in [0.2, 0.25) is 5.02 Å². The zero-order chi connectivity index (χ0) is 17.8. The largest absolute Gasteiger partial charge is 0.340 e. The van der Waals surface area contributed by atoms with Crippen LogP contribution in [0, 0.1) is 5.82 Å². The molecule has 0 amide bonds. The van der Waals surface area contributed by atoms with Gasteiger partial charge in [-0.2, -0.15) is 0 Å². The van der Waals surface area contributed by atoms with E-state index in [1.807, 2.05) is 0 Å². The van der Waals surface area contributed by atoms with Crippen LogP contribution in [0.25, 0.3) is 0 Å². The van der Waals surface area contributed by atoms with Gasteiger partial charge in [-0.3, -0.25) is 4.79 Å². The van der Waals surface area contributed by atoms with E-state index in [1.54, 1.807) is 36.4 Å².